The van der Waals surface area contributed by atoms with E-state index in [2.05, 4.69) is 46.4 Å². The second-order valence-electron chi connectivity index (χ2n) is 1.33. The fourth-order valence-corrected chi connectivity index (χ4v) is 0.643. The van der Waals surface area contributed by atoms with Crippen molar-refractivity contribution in [2.24, 2.45) is 0 Å². The second-order valence-corrected chi connectivity index (χ2v) is 3.95. The minimum Gasteiger partial charge on any atom is -0.214 e. The number of halogens is 7. The molecule has 0 unspecified atom stereocenters. The molecular formula is C3Cl4F3. The van der Waals surface area contributed by atoms with Crippen molar-refractivity contribution >= 4 is 46.4 Å². The van der Waals surface area contributed by atoms with E-state index >= 15 is 0 Å². The van der Waals surface area contributed by atoms with Gasteiger partial charge in [0.2, 0.25) is 0 Å². The molecule has 0 saturated heterocycles. The van der Waals surface area contributed by atoms with Crippen LogP contribution in [0.25, 0.3) is 0 Å². The Kier molecular flexibility index (Phi) is 3.43. The van der Waals surface area contributed by atoms with Crippen LogP contribution in [-0.4, -0.2) is 9.72 Å². The molecule has 0 atom stereocenters. The van der Waals surface area contributed by atoms with Gasteiger partial charge in [-0.2, -0.15) is 8.78 Å². The highest BCUT2D eigenvalue weighted by Gasteiger charge is 2.57. The lowest BCUT2D eigenvalue weighted by Gasteiger charge is -2.22. The molecule has 7 heteroatoms. The van der Waals surface area contributed by atoms with E-state index < -0.39 is 15.3 Å². The van der Waals surface area contributed by atoms with Gasteiger partial charge in [0, 0.05) is 0 Å². The van der Waals surface area contributed by atoms with Gasteiger partial charge in [-0.25, -0.2) is 4.39 Å². The highest BCUT2D eigenvalue weighted by molar-refractivity contribution is 6.68. The van der Waals surface area contributed by atoms with Gasteiger partial charge in [0.25, 0.3) is 3.79 Å². The summed E-state index contributed by atoms with van der Waals surface area (Å²) in [6, 6.07) is 0. The van der Waals surface area contributed by atoms with Crippen molar-refractivity contribution < 1.29 is 13.2 Å². The molecule has 1 radical (unpaired) electrons. The van der Waals surface area contributed by atoms with Crippen molar-refractivity contribution in [2.75, 3.05) is 0 Å². The molecule has 0 rings (SSSR count). The molecule has 10 heavy (non-hydrogen) atoms. The maximum atomic E-state index is 12.1. The first kappa shape index (κ1) is 11.0. The fourth-order valence-electron chi connectivity index (χ4n) is 0.107. The summed E-state index contributed by atoms with van der Waals surface area (Å²) in [4.78, 5) is 0. The predicted octanol–water partition coefficient (Wildman–Crippen LogP) is 3.69. The summed E-state index contributed by atoms with van der Waals surface area (Å²) < 4.78 is 32.8. The van der Waals surface area contributed by atoms with E-state index in [9.17, 15) is 13.2 Å². The molecule has 0 bridgehead atoms. The van der Waals surface area contributed by atoms with E-state index in [1.807, 2.05) is 0 Å². The summed E-state index contributed by atoms with van der Waals surface area (Å²) in [6.07, 6.45) is 0. The van der Waals surface area contributed by atoms with E-state index in [0.717, 1.165) is 0 Å². The lowest BCUT2D eigenvalue weighted by Crippen LogP contribution is -2.35. The molecule has 0 aliphatic heterocycles. The van der Waals surface area contributed by atoms with Crippen LogP contribution >= 0.6 is 46.4 Å². The first-order chi connectivity index (χ1) is 4.19. The molecule has 0 amide bonds. The summed E-state index contributed by atoms with van der Waals surface area (Å²) in [5, 5.41) is 0. The lowest BCUT2D eigenvalue weighted by molar-refractivity contribution is 0.00557. The highest BCUT2D eigenvalue weighted by Crippen LogP contribution is 2.49. The molecule has 0 aliphatic rings. The van der Waals surface area contributed by atoms with Crippen LogP contribution in [0, 0.1) is 5.63 Å². The average molecular weight is 235 g/mol. The Hall–Kier alpha value is 0.950. The monoisotopic (exact) mass is 233 g/mol. The van der Waals surface area contributed by atoms with Crippen LogP contribution in [0.1, 0.15) is 0 Å². The third kappa shape index (κ3) is 2.22. The smallest absolute Gasteiger partial charge is 0.214 e. The van der Waals surface area contributed by atoms with E-state index in [4.69, 9.17) is 0 Å². The van der Waals surface area contributed by atoms with Gasteiger partial charge in [0.15, 0.2) is 0 Å². The molecule has 0 spiro atoms. The van der Waals surface area contributed by atoms with E-state index in [1.165, 1.54) is 0 Å². The Balaban J connectivity index is 4.40. The number of alkyl halides is 5. The summed E-state index contributed by atoms with van der Waals surface area (Å²) >= 11 is 18.3. The molecule has 0 aromatic rings. The van der Waals surface area contributed by atoms with Crippen LogP contribution in [0.3, 0.4) is 0 Å². The van der Waals surface area contributed by atoms with E-state index in [1.54, 1.807) is 0 Å². The minimum atomic E-state index is -4.25. The van der Waals surface area contributed by atoms with Crippen LogP contribution in [0.5, 0.6) is 0 Å². The van der Waals surface area contributed by atoms with Crippen molar-refractivity contribution in [3.05, 3.63) is 5.63 Å². The topological polar surface area (TPSA) is 0 Å². The van der Waals surface area contributed by atoms with Crippen LogP contribution < -0.4 is 0 Å². The molecule has 0 heterocycles. The summed E-state index contributed by atoms with van der Waals surface area (Å²) in [5.41, 5.74) is -2.24. The standard InChI is InChI=1S/C3Cl4F3/c4-1(8)2(9,10)3(5,6)7. The van der Waals surface area contributed by atoms with Crippen molar-refractivity contribution in [2.45, 2.75) is 9.72 Å². The van der Waals surface area contributed by atoms with E-state index in [-0.39, 0.29) is 0 Å². The Morgan fingerprint density at radius 2 is 1.40 bits per heavy atom. The van der Waals surface area contributed by atoms with Crippen LogP contribution in [0.15, 0.2) is 0 Å². The molecule has 0 aromatic carbocycles. The minimum absolute atomic E-state index is 2.24. The summed E-state index contributed by atoms with van der Waals surface area (Å²) in [6.45, 7) is 0. The van der Waals surface area contributed by atoms with Crippen LogP contribution in [0.2, 0.25) is 0 Å². The molecule has 61 valence electrons. The molecule has 0 fully saturated rings. The highest BCUT2D eigenvalue weighted by atomic mass is 35.6. The van der Waals surface area contributed by atoms with Gasteiger partial charge in [-0.3, -0.25) is 0 Å². The predicted molar refractivity (Wildman–Crippen MR) is 35.4 cm³/mol. The quantitative estimate of drug-likeness (QED) is 0.608. The van der Waals surface area contributed by atoms with Crippen molar-refractivity contribution in [3.8, 4) is 0 Å². The van der Waals surface area contributed by atoms with Crippen molar-refractivity contribution in [3.63, 3.8) is 0 Å². The van der Waals surface area contributed by atoms with E-state index in [0.29, 0.717) is 0 Å². The SMILES string of the molecule is F[C](Cl)C(F)(F)C(Cl)(Cl)Cl. The van der Waals surface area contributed by atoms with Crippen molar-refractivity contribution in [1.82, 2.24) is 0 Å². The van der Waals surface area contributed by atoms with Crippen LogP contribution in [-0.2, 0) is 0 Å². The molecule has 0 aliphatic carbocycles. The van der Waals surface area contributed by atoms with Gasteiger partial charge in [0.1, 0.15) is 0 Å². The summed E-state index contributed by atoms with van der Waals surface area (Å²) in [7, 11) is 0. The van der Waals surface area contributed by atoms with Gasteiger partial charge in [-0.05, 0) is 0 Å². The van der Waals surface area contributed by atoms with Gasteiger partial charge in [-0.15, -0.1) is 0 Å². The Morgan fingerprint density at radius 3 is 1.40 bits per heavy atom. The molecule has 0 aromatic heterocycles. The lowest BCUT2D eigenvalue weighted by atomic mass is 10.4. The maximum absolute atomic E-state index is 12.1. The largest absolute Gasteiger partial charge is 0.345 e. The van der Waals surface area contributed by atoms with Gasteiger partial charge in [-0.1, -0.05) is 46.4 Å². The van der Waals surface area contributed by atoms with Gasteiger partial charge in [0.05, 0.1) is 0 Å². The zero-order valence-corrected chi connectivity index (χ0v) is 7.17. The Labute approximate surface area is 75.2 Å². The molecule has 0 saturated carbocycles. The second kappa shape index (κ2) is 3.13. The number of hydrogen-bond donors (Lipinski definition) is 0. The zero-order valence-electron chi connectivity index (χ0n) is 4.15. The Bertz CT molecular complexity index is 117. The third-order valence-electron chi connectivity index (χ3n) is 0.593. The average Bonchev–Trinajstić information content (AvgIpc) is 1.62. The maximum Gasteiger partial charge on any atom is 0.345 e. The fraction of sp³-hybridized carbons (Fsp3) is 0.667. The van der Waals surface area contributed by atoms with Gasteiger partial charge < -0.3 is 0 Å². The van der Waals surface area contributed by atoms with Gasteiger partial charge >= 0.3 is 11.6 Å². The first-order valence-electron chi connectivity index (χ1n) is 1.82. The summed E-state index contributed by atoms with van der Waals surface area (Å²) in [5.74, 6) is -4.25. The Morgan fingerprint density at radius 1 is 1.10 bits per heavy atom. The van der Waals surface area contributed by atoms with Crippen LogP contribution in [0.4, 0.5) is 13.2 Å². The normalized spacial score (nSPS) is 14.4. The third-order valence-corrected chi connectivity index (χ3v) is 1.54. The first-order valence-corrected chi connectivity index (χ1v) is 3.33. The van der Waals surface area contributed by atoms with Crippen molar-refractivity contribution in [1.29, 1.82) is 0 Å². The molecule has 0 nitrogen and oxygen atoms in total. The molecule has 0 N–H and O–H groups in total. The number of rotatable bonds is 1. The molecular weight excluding hydrogens is 235 g/mol. The number of hydrogen-bond acceptors (Lipinski definition) is 0. The zero-order chi connectivity index (χ0) is 8.58.